The number of likely N-dealkylation sites (tertiary alicyclic amines) is 1. The summed E-state index contributed by atoms with van der Waals surface area (Å²) in [6.45, 7) is 3.61. The first-order valence-corrected chi connectivity index (χ1v) is 18.8. The Morgan fingerprint density at radius 2 is 1.21 bits per heavy atom. The molecule has 1 aromatic carbocycles. The van der Waals surface area contributed by atoms with Crippen LogP contribution in [0.1, 0.15) is 43.0 Å². The van der Waals surface area contributed by atoms with E-state index in [0.717, 1.165) is 0 Å². The second-order valence-electron chi connectivity index (χ2n) is 14.1. The third kappa shape index (κ3) is 18.8. The first-order chi connectivity index (χ1) is 26.6. The molecule has 0 aromatic heterocycles. The maximum absolute atomic E-state index is 12.9. The van der Waals surface area contributed by atoms with E-state index >= 15 is 0 Å². The van der Waals surface area contributed by atoms with Gasteiger partial charge in [0.1, 0.15) is 6.04 Å². The van der Waals surface area contributed by atoms with Crippen LogP contribution in [0.15, 0.2) is 24.3 Å². The number of aliphatic carboxylic acids is 3. The van der Waals surface area contributed by atoms with Gasteiger partial charge in [0.15, 0.2) is 5.78 Å². The molecule has 8 N–H and O–H groups in total. The van der Waals surface area contributed by atoms with Crippen molar-refractivity contribution in [2.75, 3.05) is 103 Å². The van der Waals surface area contributed by atoms with Crippen LogP contribution in [0.2, 0.25) is 0 Å². The van der Waals surface area contributed by atoms with Crippen molar-refractivity contribution < 1.29 is 95.8 Å². The maximum Gasteiger partial charge on any atom is 0.475 e. The number of hydrogen-bond acceptors (Lipinski definition) is 14. The van der Waals surface area contributed by atoms with Gasteiger partial charge in [-0.1, -0.05) is 0 Å². The van der Waals surface area contributed by atoms with E-state index in [0.29, 0.717) is 50.1 Å². The van der Waals surface area contributed by atoms with Gasteiger partial charge in [-0.05, 0) is 50.5 Å². The molecule has 2 heterocycles. The monoisotopic (exact) mass is 965 g/mol. The normalized spacial score (nSPS) is 18.2. The van der Waals surface area contributed by atoms with Crippen molar-refractivity contribution in [3.05, 3.63) is 29.8 Å². The van der Waals surface area contributed by atoms with Crippen molar-refractivity contribution in [2.45, 2.75) is 44.6 Å². The Balaban J connectivity index is 0.0000112. The summed E-state index contributed by atoms with van der Waals surface area (Å²) < 4.78 is 0. The summed E-state index contributed by atoms with van der Waals surface area (Å²) in [6.07, 6.45) is 1.67. The molecule has 0 spiro atoms. The van der Waals surface area contributed by atoms with Crippen molar-refractivity contribution in [3.8, 4) is 0 Å². The van der Waals surface area contributed by atoms with E-state index in [1.165, 1.54) is 11.8 Å². The van der Waals surface area contributed by atoms with Gasteiger partial charge < -0.3 is 46.2 Å². The number of Topliss-reactive ketones (excluding diaryl/α,β-unsaturated/α-hetero) is 1. The van der Waals surface area contributed by atoms with Crippen molar-refractivity contribution >= 4 is 54.2 Å². The van der Waals surface area contributed by atoms with Crippen LogP contribution in [0.3, 0.4) is 0 Å². The second kappa shape index (κ2) is 25.8. The van der Waals surface area contributed by atoms with E-state index in [1.807, 2.05) is 4.90 Å². The second-order valence-corrected chi connectivity index (χ2v) is 14.1. The van der Waals surface area contributed by atoms with Crippen LogP contribution in [0.4, 0.5) is 5.69 Å². The van der Waals surface area contributed by atoms with Crippen molar-refractivity contribution in [2.24, 2.45) is 0 Å². The van der Waals surface area contributed by atoms with E-state index in [4.69, 9.17) is 0 Å². The summed E-state index contributed by atoms with van der Waals surface area (Å²) in [7, 11) is -1.65. The standard InChI is InChI=1S/C35H55BN8O12.Lu/c1-25(35(54)44-11-3-5-29(44)36(55)56)39-34(53)26-6-8-27(9-7-26)38-20-28(45)4-2-10-37-30(46)21-40-12-14-41(22-31(47)48)16-18-43(24-33(51)52)19-17-42(15-13-40)23-32(49)50;/h6-9,25,29,38,55-56H,2-5,10-24H2,1H3,(H,37,46)(H,39,53)(H,47,48)(H,49,50)(H,51,52);/t25-,29+;/m1./s1. The van der Waals surface area contributed by atoms with E-state index in [1.54, 1.807) is 39.0 Å². The molecule has 2 saturated heterocycles. The van der Waals surface area contributed by atoms with Gasteiger partial charge in [-0.25, -0.2) is 0 Å². The summed E-state index contributed by atoms with van der Waals surface area (Å²) in [5.41, 5.74) is 0.890. The molecule has 2 fully saturated rings. The Hall–Kier alpha value is -3.43. The molecule has 3 amide bonds. The minimum Gasteiger partial charge on any atom is -0.480 e. The molecule has 2 aliphatic heterocycles. The number of rotatable bonds is 19. The Kier molecular flexibility index (Phi) is 22.5. The van der Waals surface area contributed by atoms with Crippen LogP contribution in [0, 0.1) is 36.9 Å². The molecule has 0 aliphatic carbocycles. The van der Waals surface area contributed by atoms with Gasteiger partial charge in [-0.2, -0.15) is 0 Å². The number of ketones is 1. The van der Waals surface area contributed by atoms with E-state index in [2.05, 4.69) is 16.0 Å². The predicted octanol–water partition coefficient (Wildman–Crippen LogP) is -2.84. The number of benzene rings is 1. The first kappa shape index (κ1) is 49.7. The van der Waals surface area contributed by atoms with Gasteiger partial charge in [0, 0.05) is 120 Å². The van der Waals surface area contributed by atoms with Crippen LogP contribution in [0.5, 0.6) is 0 Å². The van der Waals surface area contributed by atoms with E-state index in [-0.39, 0.29) is 134 Å². The molecule has 57 heavy (non-hydrogen) atoms. The fraction of sp³-hybridized carbons (Fsp3) is 0.629. The third-order valence-electron chi connectivity index (χ3n) is 9.61. The zero-order valence-corrected chi connectivity index (χ0v) is 33.7. The Morgan fingerprint density at radius 3 is 1.67 bits per heavy atom. The molecule has 2 aliphatic rings. The smallest absolute Gasteiger partial charge is 0.475 e. The summed E-state index contributed by atoms with van der Waals surface area (Å²) in [6, 6.07) is 5.47. The Morgan fingerprint density at radius 1 is 0.737 bits per heavy atom. The number of amides is 3. The van der Waals surface area contributed by atoms with Gasteiger partial charge in [0.25, 0.3) is 5.91 Å². The molecule has 1 aromatic rings. The maximum atomic E-state index is 12.9. The van der Waals surface area contributed by atoms with Crippen LogP contribution in [-0.2, 0) is 28.8 Å². The van der Waals surface area contributed by atoms with Crippen LogP contribution in [0.25, 0.3) is 0 Å². The number of carbonyl (C=O) groups is 7. The number of anilines is 1. The summed E-state index contributed by atoms with van der Waals surface area (Å²) >= 11 is 0. The van der Waals surface area contributed by atoms with Gasteiger partial charge in [-0.3, -0.25) is 53.2 Å². The zero-order valence-electron chi connectivity index (χ0n) is 32.1. The number of nitrogens with one attached hydrogen (secondary N) is 3. The minimum absolute atomic E-state index is 0. The molecule has 0 saturated carbocycles. The topological polar surface area (TPSA) is 273 Å². The largest absolute Gasteiger partial charge is 0.480 e. The Labute approximate surface area is 361 Å². The first-order valence-electron chi connectivity index (χ1n) is 18.8. The molecule has 3 rings (SSSR count). The van der Waals surface area contributed by atoms with Gasteiger partial charge >= 0.3 is 25.0 Å². The quantitative estimate of drug-likeness (QED) is 0.0513. The van der Waals surface area contributed by atoms with Crippen molar-refractivity contribution in [1.29, 1.82) is 0 Å². The zero-order chi connectivity index (χ0) is 41.2. The van der Waals surface area contributed by atoms with Gasteiger partial charge in [0.05, 0.1) is 38.7 Å². The average molecular weight is 966 g/mol. The predicted molar refractivity (Wildman–Crippen MR) is 203 cm³/mol. The molecule has 22 heteroatoms. The van der Waals surface area contributed by atoms with Crippen molar-refractivity contribution in [3.63, 3.8) is 0 Å². The molecule has 0 unspecified atom stereocenters. The molecule has 2 atom stereocenters. The fourth-order valence-corrected chi connectivity index (χ4v) is 6.55. The summed E-state index contributed by atoms with van der Waals surface area (Å²) in [4.78, 5) is 93.5. The molecule has 20 nitrogen and oxygen atoms in total. The number of nitrogens with zero attached hydrogens (tertiary/aromatic N) is 5. The fourth-order valence-electron chi connectivity index (χ4n) is 6.55. The van der Waals surface area contributed by atoms with E-state index in [9.17, 15) is 58.9 Å². The summed E-state index contributed by atoms with van der Waals surface area (Å²) in [5, 5.41) is 55.6. The van der Waals surface area contributed by atoms with Crippen LogP contribution < -0.4 is 16.0 Å². The molecule has 0 bridgehead atoms. The molecule has 1 radical (unpaired) electrons. The molecular weight excluding hydrogens is 910 g/mol. The number of hydrogen-bond donors (Lipinski definition) is 8. The molecule has 325 valence electrons. The van der Waals surface area contributed by atoms with Crippen molar-refractivity contribution in [1.82, 2.24) is 35.1 Å². The number of carbonyl (C=O) groups excluding carboxylic acids is 4. The van der Waals surface area contributed by atoms with Crippen LogP contribution in [-0.4, -0.2) is 209 Å². The van der Waals surface area contributed by atoms with Crippen LogP contribution >= 0.6 is 0 Å². The SMILES string of the molecule is C[C@@H](NC(=O)c1ccc(NCC(=O)CCCNC(=O)CN2CCN(CC(=O)O)CCN(CC(=O)O)CCN(CC(=O)O)CC2)cc1)C(=O)N1CCC[C@H]1B(O)O.[Lu]. The average Bonchev–Trinajstić information content (AvgIpc) is 3.63. The molecular formula is C35H55BLuN8O12. The Bertz CT molecular complexity index is 1480. The number of carboxylic acids is 3. The number of carboxylic acid groups (broad SMARTS) is 3. The third-order valence-corrected chi connectivity index (χ3v) is 9.61. The summed E-state index contributed by atoms with van der Waals surface area (Å²) in [5.74, 6) is -5.13. The van der Waals surface area contributed by atoms with Gasteiger partial charge in [-0.15, -0.1) is 0 Å². The van der Waals surface area contributed by atoms with E-state index < -0.39 is 48.8 Å². The minimum atomic E-state index is -1.65. The van der Waals surface area contributed by atoms with Gasteiger partial charge in [0.2, 0.25) is 11.8 Å².